The lowest BCUT2D eigenvalue weighted by atomic mass is 10.2. The van der Waals surface area contributed by atoms with Gasteiger partial charge in [-0.1, -0.05) is 6.07 Å². The highest BCUT2D eigenvalue weighted by atomic mass is 16.8. The maximum atomic E-state index is 10.8. The van der Waals surface area contributed by atoms with Gasteiger partial charge in [0.1, 0.15) is 0 Å². The number of rotatable bonds is 5. The van der Waals surface area contributed by atoms with Crippen LogP contribution in [0.3, 0.4) is 0 Å². The molecule has 0 fully saturated rings. The van der Waals surface area contributed by atoms with Gasteiger partial charge in [-0.3, -0.25) is 5.21 Å². The number of anilines is 1. The number of methoxy groups -OCH3 is 1. The van der Waals surface area contributed by atoms with Crippen molar-refractivity contribution in [3.05, 3.63) is 35.7 Å². The first-order valence-corrected chi connectivity index (χ1v) is 5.46. The zero-order valence-corrected chi connectivity index (χ0v) is 9.67. The molecule has 0 spiro atoms. The minimum atomic E-state index is -0.119. The Morgan fingerprint density at radius 2 is 2.24 bits per heavy atom. The van der Waals surface area contributed by atoms with Gasteiger partial charge in [0.05, 0.1) is 11.2 Å². The molecule has 0 atom stereocenters. The summed E-state index contributed by atoms with van der Waals surface area (Å²) < 4.78 is 7.05. The van der Waals surface area contributed by atoms with Crippen molar-refractivity contribution >= 4 is 16.6 Å². The molecule has 0 bridgehead atoms. The normalized spacial score (nSPS) is 11.0. The molecular formula is C12H15N2O3-. The van der Waals surface area contributed by atoms with Gasteiger partial charge < -0.3 is 19.7 Å². The third-order valence-corrected chi connectivity index (χ3v) is 2.73. The smallest absolute Gasteiger partial charge is 0.0529 e. The van der Waals surface area contributed by atoms with Crippen LogP contribution in [0.2, 0.25) is 0 Å². The molecule has 0 aliphatic rings. The Morgan fingerprint density at radius 3 is 2.94 bits per heavy atom. The second-order valence-corrected chi connectivity index (χ2v) is 3.87. The number of nitrogens with zero attached hydrogens (tertiary/aromatic N) is 2. The van der Waals surface area contributed by atoms with Gasteiger partial charge in [0.25, 0.3) is 0 Å². The fourth-order valence-electron chi connectivity index (χ4n) is 1.87. The summed E-state index contributed by atoms with van der Waals surface area (Å²) in [5.74, 6) is 0. The minimum Gasteiger partial charge on any atom is -0.733 e. The first-order chi connectivity index (χ1) is 8.22. The summed E-state index contributed by atoms with van der Waals surface area (Å²) in [6.07, 6.45) is 2.88. The highest BCUT2D eigenvalue weighted by Crippen LogP contribution is 2.22. The summed E-state index contributed by atoms with van der Waals surface area (Å²) in [6, 6.07) is 7.07. The van der Waals surface area contributed by atoms with E-state index in [1.165, 1.54) is 0 Å². The molecule has 5 heteroatoms. The summed E-state index contributed by atoms with van der Waals surface area (Å²) in [5.41, 5.74) is 1.18. The molecule has 1 aromatic carbocycles. The molecule has 5 nitrogen and oxygen atoms in total. The predicted octanol–water partition coefficient (Wildman–Crippen LogP) is 2.37. The highest BCUT2D eigenvalue weighted by Gasteiger charge is 2.02. The molecular weight excluding hydrogens is 220 g/mol. The molecule has 0 unspecified atom stereocenters. The van der Waals surface area contributed by atoms with Gasteiger partial charge in [0.15, 0.2) is 0 Å². The summed E-state index contributed by atoms with van der Waals surface area (Å²) in [5, 5.41) is 20.6. The Labute approximate surface area is 99.4 Å². The fraction of sp³-hybridized carbons (Fsp3) is 0.333. The number of benzene rings is 1. The lowest BCUT2D eigenvalue weighted by molar-refractivity contribution is 0.190. The molecule has 0 saturated carbocycles. The van der Waals surface area contributed by atoms with Crippen LogP contribution in [0.1, 0.15) is 6.42 Å². The lowest BCUT2D eigenvalue weighted by Crippen LogP contribution is -2.07. The van der Waals surface area contributed by atoms with Crippen LogP contribution in [0.15, 0.2) is 30.5 Å². The summed E-state index contributed by atoms with van der Waals surface area (Å²) in [7, 11) is 1.67. The summed E-state index contributed by atoms with van der Waals surface area (Å²) >= 11 is 0. The molecule has 1 N–H and O–H groups in total. The zero-order chi connectivity index (χ0) is 12.3. The molecule has 0 aliphatic carbocycles. The van der Waals surface area contributed by atoms with Crippen molar-refractivity contribution in [2.75, 3.05) is 18.9 Å². The number of fused-ring (bicyclic) bond motifs is 1. The number of hydrogen-bond donors (Lipinski definition) is 1. The summed E-state index contributed by atoms with van der Waals surface area (Å²) in [4.78, 5) is 0. The van der Waals surface area contributed by atoms with Crippen LogP contribution >= 0.6 is 0 Å². The third-order valence-electron chi connectivity index (χ3n) is 2.73. The molecule has 0 aliphatic heterocycles. The van der Waals surface area contributed by atoms with Crippen LogP contribution in [0.25, 0.3) is 10.9 Å². The van der Waals surface area contributed by atoms with E-state index in [1.807, 2.05) is 22.9 Å². The standard InChI is InChI=1S/C12H15N2O3/c1-17-8-2-6-13-7-5-10-3-4-11(14(15)16)9-12(10)13/h3-5,7,9,15H,2,6,8H2,1H3/q-1. The van der Waals surface area contributed by atoms with Crippen molar-refractivity contribution < 1.29 is 9.94 Å². The van der Waals surface area contributed by atoms with Crippen LogP contribution in [-0.2, 0) is 11.3 Å². The molecule has 2 rings (SSSR count). The van der Waals surface area contributed by atoms with Gasteiger partial charge in [0.2, 0.25) is 0 Å². The SMILES string of the molecule is COCCCn1ccc2ccc(N([O-])O)cc21. The van der Waals surface area contributed by atoms with Crippen LogP contribution in [-0.4, -0.2) is 23.5 Å². The highest BCUT2D eigenvalue weighted by molar-refractivity contribution is 5.83. The molecule has 1 heterocycles. The number of aryl methyl sites for hydroxylation is 1. The first-order valence-electron chi connectivity index (χ1n) is 5.46. The van der Waals surface area contributed by atoms with Gasteiger partial charge in [-0.15, -0.1) is 0 Å². The van der Waals surface area contributed by atoms with E-state index < -0.39 is 0 Å². The van der Waals surface area contributed by atoms with E-state index in [1.54, 1.807) is 19.2 Å². The topological polar surface area (TPSA) is 60.7 Å². The van der Waals surface area contributed by atoms with Crippen molar-refractivity contribution in [2.45, 2.75) is 13.0 Å². The number of aromatic nitrogens is 1. The largest absolute Gasteiger partial charge is 0.733 e. The molecule has 2 aromatic rings. The van der Waals surface area contributed by atoms with Crippen molar-refractivity contribution in [1.29, 1.82) is 0 Å². The van der Waals surface area contributed by atoms with E-state index in [0.717, 1.165) is 23.9 Å². The van der Waals surface area contributed by atoms with Gasteiger partial charge in [-0.2, -0.15) is 0 Å². The van der Waals surface area contributed by atoms with E-state index in [2.05, 4.69) is 0 Å². The van der Waals surface area contributed by atoms with Crippen molar-refractivity contribution in [3.63, 3.8) is 0 Å². The van der Waals surface area contributed by atoms with Crippen LogP contribution in [0, 0.1) is 5.21 Å². The van der Waals surface area contributed by atoms with Crippen LogP contribution < -0.4 is 5.23 Å². The van der Waals surface area contributed by atoms with Gasteiger partial charge >= 0.3 is 0 Å². The monoisotopic (exact) mass is 235 g/mol. The van der Waals surface area contributed by atoms with E-state index in [4.69, 9.17) is 9.94 Å². The zero-order valence-electron chi connectivity index (χ0n) is 9.67. The molecule has 0 saturated heterocycles. The van der Waals surface area contributed by atoms with Crippen molar-refractivity contribution in [1.82, 2.24) is 4.57 Å². The summed E-state index contributed by atoms with van der Waals surface area (Å²) in [6.45, 7) is 1.53. The van der Waals surface area contributed by atoms with Gasteiger partial charge in [-0.25, -0.2) is 0 Å². The maximum absolute atomic E-state index is 10.8. The molecule has 0 amide bonds. The van der Waals surface area contributed by atoms with Gasteiger partial charge in [-0.05, 0) is 30.0 Å². The third kappa shape index (κ3) is 2.58. The van der Waals surface area contributed by atoms with Gasteiger partial charge in [0, 0.05) is 26.5 Å². The van der Waals surface area contributed by atoms with Crippen LogP contribution in [0.4, 0.5) is 5.69 Å². The Balaban J connectivity index is 2.26. The second kappa shape index (κ2) is 5.18. The molecule has 17 heavy (non-hydrogen) atoms. The Hall–Kier alpha value is -1.56. The molecule has 0 radical (unpaired) electrons. The average molecular weight is 235 g/mol. The second-order valence-electron chi connectivity index (χ2n) is 3.87. The first kappa shape index (κ1) is 11.9. The molecule has 92 valence electrons. The molecule has 1 aromatic heterocycles. The Bertz CT molecular complexity index is 493. The number of hydrogen-bond acceptors (Lipinski definition) is 4. The Morgan fingerprint density at radius 1 is 1.41 bits per heavy atom. The van der Waals surface area contributed by atoms with E-state index in [-0.39, 0.29) is 10.9 Å². The van der Waals surface area contributed by atoms with Crippen LogP contribution in [0.5, 0.6) is 0 Å². The van der Waals surface area contributed by atoms with E-state index >= 15 is 0 Å². The van der Waals surface area contributed by atoms with Crippen molar-refractivity contribution in [2.24, 2.45) is 0 Å². The van der Waals surface area contributed by atoms with E-state index in [0.29, 0.717) is 6.61 Å². The maximum Gasteiger partial charge on any atom is 0.0529 e. The van der Waals surface area contributed by atoms with E-state index in [9.17, 15) is 5.21 Å². The minimum absolute atomic E-state index is 0.119. The fourth-order valence-corrected chi connectivity index (χ4v) is 1.87. The quantitative estimate of drug-likeness (QED) is 0.638. The van der Waals surface area contributed by atoms with Crippen molar-refractivity contribution in [3.8, 4) is 0 Å². The lowest BCUT2D eigenvalue weighted by Gasteiger charge is -2.21. The average Bonchev–Trinajstić information content (AvgIpc) is 2.72. The number of ether oxygens (including phenoxy) is 1. The Kier molecular flexibility index (Phi) is 3.63. The predicted molar refractivity (Wildman–Crippen MR) is 66.1 cm³/mol.